The number of methoxy groups -OCH3 is 1. The third-order valence-corrected chi connectivity index (χ3v) is 5.14. The van der Waals surface area contributed by atoms with Gasteiger partial charge in [0, 0.05) is 18.7 Å². The van der Waals surface area contributed by atoms with Gasteiger partial charge in [-0.3, -0.25) is 4.79 Å². The second kappa shape index (κ2) is 7.28. The zero-order valence-corrected chi connectivity index (χ0v) is 15.0. The van der Waals surface area contributed by atoms with Crippen LogP contribution < -0.4 is 0 Å². The van der Waals surface area contributed by atoms with Crippen molar-refractivity contribution in [1.82, 2.24) is 4.90 Å². The number of hydrogen-bond acceptors (Lipinski definition) is 3. The summed E-state index contributed by atoms with van der Waals surface area (Å²) in [7, 11) is 1.56. The fraction of sp³-hybridized carbons (Fsp3) is 0.381. The quantitative estimate of drug-likeness (QED) is 0.477. The van der Waals surface area contributed by atoms with E-state index >= 15 is 0 Å². The number of benzene rings is 1. The number of ether oxygens (including phenoxy) is 2. The molecular weight excluding hydrogens is 314 g/mol. The van der Waals surface area contributed by atoms with Gasteiger partial charge in [-0.05, 0) is 43.0 Å². The van der Waals surface area contributed by atoms with Crippen LogP contribution in [0.1, 0.15) is 30.9 Å². The minimum Gasteiger partial charge on any atom is -0.497 e. The van der Waals surface area contributed by atoms with Gasteiger partial charge in [0.2, 0.25) is 0 Å². The van der Waals surface area contributed by atoms with Gasteiger partial charge in [0.1, 0.15) is 5.76 Å². The highest BCUT2D eigenvalue weighted by Gasteiger charge is 2.43. The molecule has 1 spiro atoms. The van der Waals surface area contributed by atoms with Gasteiger partial charge in [-0.2, -0.15) is 0 Å². The number of rotatable bonds is 4. The number of hydrogen-bond donors (Lipinski definition) is 0. The maximum atomic E-state index is 12.8. The second-order valence-electron chi connectivity index (χ2n) is 6.48. The molecule has 2 aliphatic heterocycles. The fourth-order valence-corrected chi connectivity index (χ4v) is 3.59. The molecule has 0 aromatic heterocycles. The van der Waals surface area contributed by atoms with Gasteiger partial charge in [0.05, 0.1) is 19.3 Å². The topological polar surface area (TPSA) is 38.8 Å². The minimum absolute atomic E-state index is 0.0452. The molecule has 1 aromatic carbocycles. The summed E-state index contributed by atoms with van der Waals surface area (Å²) in [6.45, 7) is 7.68. The zero-order valence-electron chi connectivity index (χ0n) is 15.0. The lowest BCUT2D eigenvalue weighted by Gasteiger charge is -2.39. The van der Waals surface area contributed by atoms with Gasteiger partial charge in [-0.1, -0.05) is 36.9 Å². The van der Waals surface area contributed by atoms with E-state index in [1.165, 1.54) is 11.1 Å². The van der Waals surface area contributed by atoms with Crippen LogP contribution in [-0.2, 0) is 26.5 Å². The number of carbonyl (C=O) groups is 1. The molecule has 0 aliphatic carbocycles. The lowest BCUT2D eigenvalue weighted by atomic mass is 9.83. The van der Waals surface area contributed by atoms with Crippen LogP contribution in [0.2, 0.25) is 0 Å². The second-order valence-corrected chi connectivity index (χ2v) is 6.48. The van der Waals surface area contributed by atoms with Gasteiger partial charge >= 0.3 is 0 Å². The Morgan fingerprint density at radius 1 is 1.28 bits per heavy atom. The van der Waals surface area contributed by atoms with Crippen molar-refractivity contribution < 1.29 is 14.3 Å². The maximum Gasteiger partial charge on any atom is 0.253 e. The molecule has 4 nitrogen and oxygen atoms in total. The molecule has 0 bridgehead atoms. The molecule has 132 valence electrons. The third-order valence-electron chi connectivity index (χ3n) is 5.14. The summed E-state index contributed by atoms with van der Waals surface area (Å²) in [5.41, 5.74) is 3.01. The Morgan fingerprint density at radius 3 is 2.68 bits per heavy atom. The van der Waals surface area contributed by atoms with Crippen molar-refractivity contribution in [3.63, 3.8) is 0 Å². The monoisotopic (exact) mass is 339 g/mol. The van der Waals surface area contributed by atoms with Gasteiger partial charge in [0.25, 0.3) is 5.91 Å². The Kier molecular flexibility index (Phi) is 5.09. The smallest absolute Gasteiger partial charge is 0.253 e. The molecule has 0 atom stereocenters. The molecule has 2 aliphatic rings. The van der Waals surface area contributed by atoms with Crippen molar-refractivity contribution in [2.45, 2.75) is 32.0 Å². The molecule has 4 heteroatoms. The standard InChI is InChI=1S/C21H25NO3/c1-4-17(10-9-16(2)24-3)20(23)22-13-11-21(12-14-22)19-8-6-5-7-18(19)15-25-21/h4-10H,2,11-15H2,1,3H3/b10-9-,17-4+. The van der Waals surface area contributed by atoms with Crippen molar-refractivity contribution in [2.75, 3.05) is 20.2 Å². The van der Waals surface area contributed by atoms with Gasteiger partial charge in [0.15, 0.2) is 0 Å². The first-order chi connectivity index (χ1) is 12.1. The summed E-state index contributed by atoms with van der Waals surface area (Å²) in [5.74, 6) is 0.574. The normalized spacial score (nSPS) is 19.3. The molecule has 1 amide bonds. The number of likely N-dealkylation sites (tertiary alicyclic amines) is 1. The zero-order chi connectivity index (χ0) is 17.9. The van der Waals surface area contributed by atoms with E-state index < -0.39 is 0 Å². The Balaban J connectivity index is 1.67. The van der Waals surface area contributed by atoms with E-state index in [9.17, 15) is 4.79 Å². The average Bonchev–Trinajstić information content (AvgIpc) is 3.01. The number of carbonyl (C=O) groups excluding carboxylic acids is 1. The van der Waals surface area contributed by atoms with E-state index in [0.29, 0.717) is 31.0 Å². The Labute approximate surface area is 149 Å². The van der Waals surface area contributed by atoms with Crippen molar-refractivity contribution >= 4 is 5.91 Å². The lowest BCUT2D eigenvalue weighted by Crippen LogP contribution is -2.45. The van der Waals surface area contributed by atoms with Crippen LogP contribution in [0.3, 0.4) is 0 Å². The van der Waals surface area contributed by atoms with Crippen LogP contribution in [0.5, 0.6) is 0 Å². The Hall–Kier alpha value is -2.33. The van der Waals surface area contributed by atoms with Crippen molar-refractivity contribution in [3.8, 4) is 0 Å². The molecule has 3 rings (SSSR count). The molecule has 25 heavy (non-hydrogen) atoms. The summed E-state index contributed by atoms with van der Waals surface area (Å²) in [6.07, 6.45) is 6.98. The molecule has 0 saturated carbocycles. The number of allylic oxidation sites excluding steroid dienone is 2. The lowest BCUT2D eigenvalue weighted by molar-refractivity contribution is -0.134. The number of amides is 1. The van der Waals surface area contributed by atoms with Crippen LogP contribution in [0.15, 0.2) is 60.4 Å². The Bertz CT molecular complexity index is 724. The maximum absolute atomic E-state index is 12.8. The molecule has 2 heterocycles. The van der Waals surface area contributed by atoms with Crippen LogP contribution in [0, 0.1) is 0 Å². The Morgan fingerprint density at radius 2 is 2.00 bits per heavy atom. The summed E-state index contributed by atoms with van der Waals surface area (Å²) in [5, 5.41) is 0. The molecule has 1 saturated heterocycles. The molecule has 0 N–H and O–H groups in total. The van der Waals surface area contributed by atoms with Crippen molar-refractivity contribution in [3.05, 3.63) is 71.5 Å². The number of nitrogens with zero attached hydrogens (tertiary/aromatic N) is 1. The van der Waals surface area contributed by atoms with E-state index in [-0.39, 0.29) is 11.5 Å². The highest BCUT2D eigenvalue weighted by atomic mass is 16.5. The predicted octanol–water partition coefficient (Wildman–Crippen LogP) is 3.70. The van der Waals surface area contributed by atoms with Crippen LogP contribution in [0.4, 0.5) is 0 Å². The van der Waals surface area contributed by atoms with E-state index in [1.807, 2.05) is 17.9 Å². The highest BCUT2D eigenvalue weighted by molar-refractivity contribution is 5.96. The number of fused-ring (bicyclic) bond motifs is 2. The molecule has 1 aromatic rings. The first-order valence-electron chi connectivity index (χ1n) is 8.68. The van der Waals surface area contributed by atoms with Crippen LogP contribution in [-0.4, -0.2) is 31.0 Å². The molecule has 1 fully saturated rings. The average molecular weight is 339 g/mol. The van der Waals surface area contributed by atoms with Crippen LogP contribution >= 0.6 is 0 Å². The van der Waals surface area contributed by atoms with Crippen molar-refractivity contribution in [1.29, 1.82) is 0 Å². The van der Waals surface area contributed by atoms with E-state index in [0.717, 1.165) is 12.8 Å². The van der Waals surface area contributed by atoms with Gasteiger partial charge in [-0.25, -0.2) is 0 Å². The predicted molar refractivity (Wildman–Crippen MR) is 97.8 cm³/mol. The summed E-state index contributed by atoms with van der Waals surface area (Å²) >= 11 is 0. The number of piperidine rings is 1. The first kappa shape index (κ1) is 17.5. The minimum atomic E-state index is -0.219. The summed E-state index contributed by atoms with van der Waals surface area (Å²) < 4.78 is 11.2. The molecule has 0 radical (unpaired) electrons. The van der Waals surface area contributed by atoms with Crippen LogP contribution in [0.25, 0.3) is 0 Å². The SMILES string of the molecule is C=C(/C=C\C(=C/C)C(=O)N1CCC2(CC1)OCc1ccccc12)OC. The van der Waals surface area contributed by atoms with E-state index in [1.54, 1.807) is 19.3 Å². The van der Waals surface area contributed by atoms with E-state index in [2.05, 4.69) is 30.8 Å². The van der Waals surface area contributed by atoms with Gasteiger partial charge < -0.3 is 14.4 Å². The van der Waals surface area contributed by atoms with E-state index in [4.69, 9.17) is 9.47 Å². The highest BCUT2D eigenvalue weighted by Crippen LogP contribution is 2.44. The van der Waals surface area contributed by atoms with Crippen molar-refractivity contribution in [2.24, 2.45) is 0 Å². The van der Waals surface area contributed by atoms with Gasteiger partial charge in [-0.15, -0.1) is 0 Å². The fourth-order valence-electron chi connectivity index (χ4n) is 3.59. The molecule has 0 unspecified atom stereocenters. The largest absolute Gasteiger partial charge is 0.497 e. The third kappa shape index (κ3) is 3.40. The summed E-state index contributed by atoms with van der Waals surface area (Å²) in [6, 6.07) is 8.42. The summed E-state index contributed by atoms with van der Waals surface area (Å²) in [4.78, 5) is 14.7. The molecular formula is C21H25NO3. The first-order valence-corrected chi connectivity index (χ1v) is 8.68.